The molecule has 0 amide bonds. The molecule has 0 aliphatic heterocycles. The van der Waals surface area contributed by atoms with Crippen molar-refractivity contribution in [2.75, 3.05) is 9.80 Å². The number of hydrogen-bond acceptors (Lipinski definition) is 2. The van der Waals surface area contributed by atoms with Crippen LogP contribution < -0.4 is 9.80 Å². The summed E-state index contributed by atoms with van der Waals surface area (Å²) in [4.78, 5) is 5.01. The molecular weight excluding hydrogens is 1010 g/mol. The number of benzene rings is 13. The largest absolute Gasteiger partial charge is 0.310 e. The summed E-state index contributed by atoms with van der Waals surface area (Å²) in [6.45, 7) is 4.77. The van der Waals surface area contributed by atoms with Gasteiger partial charge in [0.05, 0.1) is 16.8 Å². The lowest BCUT2D eigenvalue weighted by molar-refractivity contribution is 0.660. The predicted molar refractivity (Wildman–Crippen MR) is 351 cm³/mol. The Morgan fingerprint density at radius 2 is 0.560 bits per heavy atom. The van der Waals surface area contributed by atoms with Crippen molar-refractivity contribution in [2.45, 2.75) is 24.7 Å². The highest BCUT2D eigenvalue weighted by atomic mass is 15.2. The van der Waals surface area contributed by atoms with Gasteiger partial charge in [0, 0.05) is 39.3 Å². The molecule has 84 heavy (non-hydrogen) atoms. The van der Waals surface area contributed by atoms with Crippen molar-refractivity contribution >= 4 is 34.1 Å². The van der Waals surface area contributed by atoms with Crippen LogP contribution in [0.25, 0.3) is 77.9 Å². The Kier molecular flexibility index (Phi) is 11.5. The van der Waals surface area contributed by atoms with Gasteiger partial charge in [0.15, 0.2) is 0 Å². The third kappa shape index (κ3) is 7.64. The fraction of sp³-hybridized carbons (Fsp3) is 0.0488. The number of para-hydroxylation sites is 3. The van der Waals surface area contributed by atoms with Crippen LogP contribution in [0.15, 0.2) is 315 Å². The van der Waals surface area contributed by atoms with Crippen LogP contribution in [0.4, 0.5) is 34.1 Å². The fourth-order valence-corrected chi connectivity index (χ4v) is 14.4. The summed E-state index contributed by atoms with van der Waals surface area (Å²) in [5, 5.41) is 0. The van der Waals surface area contributed by atoms with E-state index in [9.17, 15) is 0 Å². The summed E-state index contributed by atoms with van der Waals surface area (Å²) in [6, 6.07) is 118. The van der Waals surface area contributed by atoms with E-state index in [1.807, 2.05) is 0 Å². The number of hydrogen-bond donors (Lipinski definition) is 0. The van der Waals surface area contributed by atoms with Crippen LogP contribution in [0.5, 0.6) is 0 Å². The Labute approximate surface area is 492 Å². The number of rotatable bonds is 10. The molecule has 0 saturated heterocycles. The van der Waals surface area contributed by atoms with E-state index in [0.717, 1.165) is 56.4 Å². The molecular formula is C82H58N2. The quantitative estimate of drug-likeness (QED) is 0.135. The van der Waals surface area contributed by atoms with E-state index in [4.69, 9.17) is 0 Å². The summed E-state index contributed by atoms with van der Waals surface area (Å²) in [5.74, 6) is 0. The normalized spacial score (nSPS) is 14.5. The highest BCUT2D eigenvalue weighted by Gasteiger charge is 2.53. The Morgan fingerprint density at radius 3 is 1.00 bits per heavy atom. The first-order chi connectivity index (χ1) is 41.4. The zero-order valence-corrected chi connectivity index (χ0v) is 46.9. The molecule has 3 aliphatic rings. The van der Waals surface area contributed by atoms with E-state index < -0.39 is 5.41 Å². The van der Waals surface area contributed by atoms with Gasteiger partial charge in [0.2, 0.25) is 0 Å². The third-order valence-corrected chi connectivity index (χ3v) is 18.2. The van der Waals surface area contributed by atoms with Crippen LogP contribution in [0, 0.1) is 0 Å². The summed E-state index contributed by atoms with van der Waals surface area (Å²) in [6.07, 6.45) is 0. The first kappa shape index (κ1) is 49.3. The number of nitrogens with zero attached hydrogens (tertiary/aromatic N) is 2. The van der Waals surface area contributed by atoms with E-state index in [2.05, 4.69) is 339 Å². The second-order valence-electron chi connectivity index (χ2n) is 23.1. The summed E-state index contributed by atoms with van der Waals surface area (Å²) in [7, 11) is 0. The molecule has 396 valence electrons. The molecule has 0 fully saturated rings. The average Bonchev–Trinajstić information content (AvgIpc) is 1.52. The predicted octanol–water partition coefficient (Wildman–Crippen LogP) is 21.9. The highest BCUT2D eigenvalue weighted by molar-refractivity contribution is 6.04. The maximum atomic E-state index is 2.60. The van der Waals surface area contributed by atoms with Gasteiger partial charge < -0.3 is 9.80 Å². The summed E-state index contributed by atoms with van der Waals surface area (Å²) in [5.41, 5.74) is 30.3. The molecule has 0 aromatic heterocycles. The standard InChI is InChI=1S/C82H58N2/c1-81(2)73-41-25-24-40-65(73)66-45-44-64(50-76(66)81)84(63-38-22-9-23-39-63)80-54-78-72(52-68(80)58-32-16-6-17-33-58)70-49-60(56-28-12-4-13-29-56)43-47-75(70)82(78)74-46-42-59(55-26-10-3-11-27-55)48-69(74)71-51-67(57-30-14-5-15-31-57)79(53-77(71)82)83(61-34-18-7-19-35-61)62-36-20-8-21-37-62/h3-54H,1-2H3. The zero-order valence-electron chi connectivity index (χ0n) is 46.9. The van der Waals surface area contributed by atoms with Gasteiger partial charge in [-0.15, -0.1) is 0 Å². The Balaban J connectivity index is 1.05. The molecule has 1 unspecified atom stereocenters. The zero-order chi connectivity index (χ0) is 55.9. The van der Waals surface area contributed by atoms with E-state index in [0.29, 0.717) is 0 Å². The van der Waals surface area contributed by atoms with Gasteiger partial charge in [-0.1, -0.05) is 244 Å². The molecule has 3 aliphatic carbocycles. The number of anilines is 6. The fourth-order valence-electron chi connectivity index (χ4n) is 14.4. The lowest BCUT2D eigenvalue weighted by Crippen LogP contribution is -2.27. The van der Waals surface area contributed by atoms with E-state index in [1.165, 1.54) is 89.0 Å². The summed E-state index contributed by atoms with van der Waals surface area (Å²) < 4.78 is 0. The number of fused-ring (bicyclic) bond motifs is 13. The van der Waals surface area contributed by atoms with E-state index >= 15 is 0 Å². The minimum atomic E-state index is -0.781. The van der Waals surface area contributed by atoms with Gasteiger partial charge in [-0.3, -0.25) is 0 Å². The van der Waals surface area contributed by atoms with E-state index in [1.54, 1.807) is 0 Å². The summed E-state index contributed by atoms with van der Waals surface area (Å²) >= 11 is 0. The lowest BCUT2D eigenvalue weighted by atomic mass is 9.69. The molecule has 2 heteroatoms. The first-order valence-corrected chi connectivity index (χ1v) is 29.3. The molecule has 13 aromatic carbocycles. The van der Waals surface area contributed by atoms with Crippen molar-refractivity contribution in [1.82, 2.24) is 0 Å². The second kappa shape index (κ2) is 19.6. The molecule has 0 radical (unpaired) electrons. The molecule has 0 heterocycles. The van der Waals surface area contributed by atoms with Crippen molar-refractivity contribution < 1.29 is 0 Å². The SMILES string of the molecule is CC1(C)c2ccccc2-c2ccc(N(c3ccccc3)c3cc4c(cc3-c3ccccc3)-c3cc(-c5ccccc5)ccc3C43c4ccc(-c5ccccc5)cc4-c4cc(-c5ccccc5)c(N(c5ccccc5)c5ccccc5)cc43)cc21. The highest BCUT2D eigenvalue weighted by Crippen LogP contribution is 2.66. The van der Waals surface area contributed by atoms with Crippen molar-refractivity contribution in [3.8, 4) is 77.9 Å². The molecule has 0 N–H and O–H groups in total. The Morgan fingerprint density at radius 1 is 0.202 bits per heavy atom. The van der Waals surface area contributed by atoms with Crippen LogP contribution in [-0.4, -0.2) is 0 Å². The second-order valence-corrected chi connectivity index (χ2v) is 23.1. The van der Waals surface area contributed by atoms with Gasteiger partial charge in [-0.05, 0) is 185 Å². The van der Waals surface area contributed by atoms with Crippen molar-refractivity contribution in [3.63, 3.8) is 0 Å². The molecule has 0 saturated carbocycles. The van der Waals surface area contributed by atoms with Crippen molar-refractivity contribution in [2.24, 2.45) is 0 Å². The van der Waals surface area contributed by atoms with Gasteiger partial charge in [-0.25, -0.2) is 0 Å². The molecule has 16 rings (SSSR count). The monoisotopic (exact) mass is 1070 g/mol. The van der Waals surface area contributed by atoms with E-state index in [-0.39, 0.29) is 5.41 Å². The Hall–Kier alpha value is -10.5. The van der Waals surface area contributed by atoms with Crippen LogP contribution >= 0.6 is 0 Å². The maximum Gasteiger partial charge on any atom is 0.0727 e. The van der Waals surface area contributed by atoms with Gasteiger partial charge in [-0.2, -0.15) is 0 Å². The average molecular weight is 1070 g/mol. The molecule has 0 bridgehead atoms. The molecule has 13 aromatic rings. The van der Waals surface area contributed by atoms with Gasteiger partial charge >= 0.3 is 0 Å². The molecule has 1 atom stereocenters. The van der Waals surface area contributed by atoms with Crippen LogP contribution in [0.3, 0.4) is 0 Å². The van der Waals surface area contributed by atoms with Crippen LogP contribution in [0.1, 0.15) is 47.2 Å². The minimum absolute atomic E-state index is 0.202. The van der Waals surface area contributed by atoms with Crippen LogP contribution in [0.2, 0.25) is 0 Å². The van der Waals surface area contributed by atoms with Crippen molar-refractivity contribution in [3.05, 3.63) is 349 Å². The minimum Gasteiger partial charge on any atom is -0.310 e. The lowest BCUT2D eigenvalue weighted by Gasteiger charge is -2.35. The van der Waals surface area contributed by atoms with Crippen molar-refractivity contribution in [1.29, 1.82) is 0 Å². The van der Waals surface area contributed by atoms with Gasteiger partial charge in [0.1, 0.15) is 0 Å². The third-order valence-electron chi connectivity index (χ3n) is 18.2. The first-order valence-electron chi connectivity index (χ1n) is 29.3. The topological polar surface area (TPSA) is 6.48 Å². The Bertz CT molecular complexity index is 4600. The van der Waals surface area contributed by atoms with Crippen LogP contribution in [-0.2, 0) is 10.8 Å². The smallest absolute Gasteiger partial charge is 0.0727 e. The maximum absolute atomic E-state index is 2.60. The molecule has 1 spiro atoms. The molecule has 2 nitrogen and oxygen atoms in total. The van der Waals surface area contributed by atoms with Gasteiger partial charge in [0.25, 0.3) is 0 Å².